The summed E-state index contributed by atoms with van der Waals surface area (Å²) < 4.78 is 6.78. The van der Waals surface area contributed by atoms with Crippen molar-refractivity contribution in [3.8, 4) is 39.3 Å². The lowest BCUT2D eigenvalue weighted by atomic mass is 10.0. The van der Waals surface area contributed by atoms with Crippen molar-refractivity contribution >= 4 is 17.2 Å². The highest BCUT2D eigenvalue weighted by atomic mass is 16.5. The molecule has 37 heavy (non-hydrogen) atoms. The number of pyridine rings is 1. The van der Waals surface area contributed by atoms with Gasteiger partial charge in [-0.15, -0.1) is 0 Å². The molecular formula is C30H23N5O2. The first kappa shape index (κ1) is 22.3. The molecule has 0 atom stereocenters. The molecule has 0 aliphatic heterocycles. The summed E-state index contributed by atoms with van der Waals surface area (Å²) in [6.45, 7) is 0. The van der Waals surface area contributed by atoms with Crippen LogP contribution in [0.5, 0.6) is 5.75 Å². The van der Waals surface area contributed by atoms with E-state index in [4.69, 9.17) is 9.84 Å². The SMILES string of the molecule is COc1ccc(-c2c(Nc3cccnc3)[nH]c3c(-c4ccccc4)c(-c4ccccc4)nn3c2=O)cc1. The fourth-order valence-electron chi connectivity index (χ4n) is 4.45. The molecule has 180 valence electrons. The van der Waals surface area contributed by atoms with Crippen LogP contribution in [-0.2, 0) is 0 Å². The van der Waals surface area contributed by atoms with Gasteiger partial charge in [0.1, 0.15) is 22.9 Å². The number of anilines is 2. The Morgan fingerprint density at radius 1 is 0.784 bits per heavy atom. The van der Waals surface area contributed by atoms with Crippen molar-refractivity contribution in [3.63, 3.8) is 0 Å². The zero-order valence-electron chi connectivity index (χ0n) is 20.1. The van der Waals surface area contributed by atoms with Crippen LogP contribution in [-0.4, -0.2) is 26.7 Å². The van der Waals surface area contributed by atoms with E-state index in [0.29, 0.717) is 22.8 Å². The third-order valence-electron chi connectivity index (χ3n) is 6.20. The second-order valence-corrected chi connectivity index (χ2v) is 8.49. The van der Waals surface area contributed by atoms with Crippen molar-refractivity contribution < 1.29 is 4.74 Å². The minimum Gasteiger partial charge on any atom is -0.497 e. The number of ether oxygens (including phenoxy) is 1. The molecule has 0 fully saturated rings. The number of aromatic nitrogens is 4. The van der Waals surface area contributed by atoms with Gasteiger partial charge >= 0.3 is 0 Å². The van der Waals surface area contributed by atoms with Gasteiger partial charge in [-0.3, -0.25) is 9.78 Å². The molecule has 0 amide bonds. The third kappa shape index (κ3) is 4.12. The molecule has 0 radical (unpaired) electrons. The van der Waals surface area contributed by atoms with Crippen LogP contribution in [0, 0.1) is 0 Å². The van der Waals surface area contributed by atoms with E-state index in [1.165, 1.54) is 4.52 Å². The summed E-state index contributed by atoms with van der Waals surface area (Å²) in [5, 5.41) is 8.20. The maximum atomic E-state index is 14.1. The molecule has 3 heterocycles. The highest BCUT2D eigenvalue weighted by Crippen LogP contribution is 2.36. The predicted molar refractivity (Wildman–Crippen MR) is 146 cm³/mol. The van der Waals surface area contributed by atoms with Crippen molar-refractivity contribution in [1.82, 2.24) is 19.6 Å². The number of fused-ring (bicyclic) bond motifs is 1. The lowest BCUT2D eigenvalue weighted by Crippen LogP contribution is -2.19. The number of benzene rings is 3. The summed E-state index contributed by atoms with van der Waals surface area (Å²) in [4.78, 5) is 21.8. The van der Waals surface area contributed by atoms with Crippen LogP contribution in [0.1, 0.15) is 0 Å². The van der Waals surface area contributed by atoms with Crippen LogP contribution in [0.2, 0.25) is 0 Å². The first-order valence-electron chi connectivity index (χ1n) is 11.8. The minimum absolute atomic E-state index is 0.246. The highest BCUT2D eigenvalue weighted by Gasteiger charge is 2.23. The summed E-state index contributed by atoms with van der Waals surface area (Å²) in [5.74, 6) is 1.26. The summed E-state index contributed by atoms with van der Waals surface area (Å²) in [6, 6.07) is 31.0. The third-order valence-corrected chi connectivity index (χ3v) is 6.20. The second-order valence-electron chi connectivity index (χ2n) is 8.49. The number of nitrogens with one attached hydrogen (secondary N) is 2. The number of hydrogen-bond donors (Lipinski definition) is 2. The summed E-state index contributed by atoms with van der Waals surface area (Å²) in [5.41, 5.74) is 5.74. The summed E-state index contributed by atoms with van der Waals surface area (Å²) >= 11 is 0. The maximum absolute atomic E-state index is 14.1. The van der Waals surface area contributed by atoms with Gasteiger partial charge in [0, 0.05) is 11.8 Å². The molecule has 2 N–H and O–H groups in total. The number of rotatable bonds is 6. The molecule has 7 nitrogen and oxygen atoms in total. The van der Waals surface area contributed by atoms with Crippen molar-refractivity contribution in [3.05, 3.63) is 120 Å². The normalized spacial score (nSPS) is 10.9. The zero-order valence-corrected chi connectivity index (χ0v) is 20.1. The molecule has 3 aromatic heterocycles. The zero-order chi connectivity index (χ0) is 25.2. The number of nitrogens with zero attached hydrogens (tertiary/aromatic N) is 3. The molecule has 0 aliphatic rings. The van der Waals surface area contributed by atoms with E-state index in [-0.39, 0.29) is 5.56 Å². The average Bonchev–Trinajstić information content (AvgIpc) is 3.35. The van der Waals surface area contributed by atoms with Gasteiger partial charge in [0.2, 0.25) is 0 Å². The summed E-state index contributed by atoms with van der Waals surface area (Å²) in [6.07, 6.45) is 3.42. The molecular weight excluding hydrogens is 462 g/mol. The molecule has 3 aromatic carbocycles. The fourth-order valence-corrected chi connectivity index (χ4v) is 4.45. The monoisotopic (exact) mass is 485 g/mol. The van der Waals surface area contributed by atoms with Crippen LogP contribution in [0.4, 0.5) is 11.5 Å². The summed E-state index contributed by atoms with van der Waals surface area (Å²) in [7, 11) is 1.61. The van der Waals surface area contributed by atoms with E-state index in [0.717, 1.165) is 33.6 Å². The van der Waals surface area contributed by atoms with E-state index >= 15 is 0 Å². The first-order chi connectivity index (χ1) is 18.2. The molecule has 0 spiro atoms. The van der Waals surface area contributed by atoms with E-state index < -0.39 is 0 Å². The molecule has 6 aromatic rings. The Hall–Kier alpha value is -5.17. The number of hydrogen-bond acceptors (Lipinski definition) is 5. The number of methoxy groups -OCH3 is 1. The van der Waals surface area contributed by atoms with E-state index in [1.54, 1.807) is 19.5 Å². The lowest BCUT2D eigenvalue weighted by molar-refractivity contribution is 0.415. The Balaban J connectivity index is 1.67. The van der Waals surface area contributed by atoms with Crippen LogP contribution >= 0.6 is 0 Å². The largest absolute Gasteiger partial charge is 0.497 e. The van der Waals surface area contributed by atoms with Gasteiger partial charge in [0.15, 0.2) is 0 Å². The van der Waals surface area contributed by atoms with Crippen molar-refractivity contribution in [2.45, 2.75) is 0 Å². The van der Waals surface area contributed by atoms with Gasteiger partial charge in [-0.25, -0.2) is 0 Å². The fraction of sp³-hybridized carbons (Fsp3) is 0.0333. The van der Waals surface area contributed by atoms with Gasteiger partial charge in [-0.2, -0.15) is 9.61 Å². The quantitative estimate of drug-likeness (QED) is 0.295. The molecule has 6 rings (SSSR count). The Bertz CT molecular complexity index is 1730. The average molecular weight is 486 g/mol. The van der Waals surface area contributed by atoms with E-state index in [9.17, 15) is 4.79 Å². The molecule has 7 heteroatoms. The second kappa shape index (κ2) is 9.47. The van der Waals surface area contributed by atoms with E-state index in [1.807, 2.05) is 97.1 Å². The lowest BCUT2D eigenvalue weighted by Gasteiger charge is -2.13. The van der Waals surface area contributed by atoms with Crippen LogP contribution < -0.4 is 15.6 Å². The molecule has 0 saturated heterocycles. The van der Waals surface area contributed by atoms with Crippen LogP contribution in [0.15, 0.2) is 114 Å². The number of H-pyrrole nitrogens is 1. The van der Waals surface area contributed by atoms with Gasteiger partial charge in [0.25, 0.3) is 5.56 Å². The molecule has 0 bridgehead atoms. The Labute approximate surface area is 213 Å². The van der Waals surface area contributed by atoms with Crippen LogP contribution in [0.25, 0.3) is 39.2 Å². The molecule has 0 aliphatic carbocycles. The molecule has 0 unspecified atom stereocenters. The standard InChI is InChI=1S/C30H23N5O2/c1-37-24-16-14-21(15-17-24)26-28(32-23-13-8-18-31-19-23)33-29-25(20-9-4-2-5-10-20)27(34-35(29)30(26)36)22-11-6-3-7-12-22/h2-19,32-33H,1H3. The van der Waals surface area contributed by atoms with E-state index in [2.05, 4.69) is 15.3 Å². The minimum atomic E-state index is -0.246. The van der Waals surface area contributed by atoms with Gasteiger partial charge in [0.05, 0.1) is 30.1 Å². The smallest absolute Gasteiger partial charge is 0.284 e. The van der Waals surface area contributed by atoms with Crippen LogP contribution in [0.3, 0.4) is 0 Å². The van der Waals surface area contributed by atoms with Gasteiger partial charge in [-0.05, 0) is 35.4 Å². The maximum Gasteiger partial charge on any atom is 0.284 e. The molecule has 0 saturated carbocycles. The Morgan fingerprint density at radius 3 is 2.11 bits per heavy atom. The number of aromatic amines is 1. The van der Waals surface area contributed by atoms with Gasteiger partial charge in [-0.1, -0.05) is 72.8 Å². The van der Waals surface area contributed by atoms with Crippen molar-refractivity contribution in [2.75, 3.05) is 12.4 Å². The predicted octanol–water partition coefficient (Wildman–Crippen LogP) is 6.17. The Kier molecular flexibility index (Phi) is 5.71. The Morgan fingerprint density at radius 2 is 1.46 bits per heavy atom. The van der Waals surface area contributed by atoms with Crippen molar-refractivity contribution in [1.29, 1.82) is 0 Å². The highest BCUT2D eigenvalue weighted by molar-refractivity contribution is 5.92. The first-order valence-corrected chi connectivity index (χ1v) is 11.8. The topological polar surface area (TPSA) is 84.3 Å². The van der Waals surface area contributed by atoms with Gasteiger partial charge < -0.3 is 15.0 Å². The van der Waals surface area contributed by atoms with Crippen molar-refractivity contribution in [2.24, 2.45) is 0 Å².